The molecule has 128 valence electrons. The molecular formula is C19H25N3O2. The lowest BCUT2D eigenvalue weighted by molar-refractivity contribution is -0.117. The normalized spacial score (nSPS) is 27.0. The van der Waals surface area contributed by atoms with Crippen LogP contribution in [-0.2, 0) is 4.79 Å². The second-order valence-corrected chi connectivity index (χ2v) is 7.57. The van der Waals surface area contributed by atoms with Crippen LogP contribution in [0.2, 0.25) is 0 Å². The number of likely N-dealkylation sites (tertiary alicyclic amines) is 2. The third-order valence-corrected chi connectivity index (χ3v) is 5.91. The van der Waals surface area contributed by atoms with Gasteiger partial charge in [-0.15, -0.1) is 0 Å². The average Bonchev–Trinajstić information content (AvgIpc) is 3.46. The largest absolute Gasteiger partial charge is 0.337 e. The summed E-state index contributed by atoms with van der Waals surface area (Å²) >= 11 is 0. The van der Waals surface area contributed by atoms with Gasteiger partial charge in [-0.3, -0.25) is 14.5 Å². The van der Waals surface area contributed by atoms with Gasteiger partial charge in [0, 0.05) is 42.3 Å². The molecule has 1 saturated carbocycles. The number of carbonyl (C=O) groups excluding carboxylic acids is 2. The predicted molar refractivity (Wildman–Crippen MR) is 92.9 cm³/mol. The predicted octanol–water partition coefficient (Wildman–Crippen LogP) is 2.35. The Hall–Kier alpha value is -1.88. The highest BCUT2D eigenvalue weighted by Crippen LogP contribution is 2.37. The summed E-state index contributed by atoms with van der Waals surface area (Å²) in [7, 11) is 2.16. The van der Waals surface area contributed by atoms with Gasteiger partial charge in [-0.2, -0.15) is 0 Å². The van der Waals surface area contributed by atoms with Gasteiger partial charge in [0.05, 0.1) is 0 Å². The van der Waals surface area contributed by atoms with Gasteiger partial charge in [0.15, 0.2) is 0 Å². The quantitative estimate of drug-likeness (QED) is 0.927. The molecule has 0 radical (unpaired) electrons. The van der Waals surface area contributed by atoms with Crippen LogP contribution in [0.15, 0.2) is 24.3 Å². The lowest BCUT2D eigenvalue weighted by Crippen LogP contribution is -2.66. The minimum Gasteiger partial charge on any atom is -0.337 e. The van der Waals surface area contributed by atoms with Crippen LogP contribution in [0, 0.1) is 5.92 Å². The van der Waals surface area contributed by atoms with Gasteiger partial charge in [-0.25, -0.2) is 0 Å². The molecule has 1 aromatic carbocycles. The lowest BCUT2D eigenvalue weighted by atomic mass is 9.78. The number of hydrogen-bond acceptors (Lipinski definition) is 3. The summed E-state index contributed by atoms with van der Waals surface area (Å²) in [6.07, 6.45) is 5.45. The molecular weight excluding hydrogens is 302 g/mol. The van der Waals surface area contributed by atoms with Crippen molar-refractivity contribution in [2.75, 3.05) is 32.0 Å². The summed E-state index contributed by atoms with van der Waals surface area (Å²) in [5, 5.41) is 2.92. The minimum absolute atomic E-state index is 0.0973. The van der Waals surface area contributed by atoms with Crippen LogP contribution in [-0.4, -0.2) is 53.8 Å². The van der Waals surface area contributed by atoms with Gasteiger partial charge in [-0.1, -0.05) is 0 Å². The molecule has 3 aliphatic rings. The minimum atomic E-state index is 0.0973. The fraction of sp³-hybridized carbons (Fsp3) is 0.579. The van der Waals surface area contributed by atoms with Crippen LogP contribution in [0.3, 0.4) is 0 Å². The van der Waals surface area contributed by atoms with Gasteiger partial charge >= 0.3 is 0 Å². The van der Waals surface area contributed by atoms with E-state index in [-0.39, 0.29) is 23.3 Å². The monoisotopic (exact) mass is 327 g/mol. The molecule has 0 bridgehead atoms. The highest BCUT2D eigenvalue weighted by Gasteiger charge is 2.46. The Morgan fingerprint density at radius 2 is 1.88 bits per heavy atom. The molecule has 5 nitrogen and oxygen atoms in total. The first-order chi connectivity index (χ1) is 11.6. The zero-order chi connectivity index (χ0) is 16.7. The average molecular weight is 327 g/mol. The third-order valence-electron chi connectivity index (χ3n) is 5.91. The summed E-state index contributed by atoms with van der Waals surface area (Å²) in [5.41, 5.74) is 1.70. The maximum atomic E-state index is 12.8. The number of nitrogens with zero attached hydrogens (tertiary/aromatic N) is 2. The van der Waals surface area contributed by atoms with Gasteiger partial charge in [0.25, 0.3) is 5.91 Å². The Bertz CT molecular complexity index is 653. The molecule has 0 unspecified atom stereocenters. The van der Waals surface area contributed by atoms with E-state index in [4.69, 9.17) is 0 Å². The van der Waals surface area contributed by atoms with Crippen molar-refractivity contribution < 1.29 is 9.59 Å². The Morgan fingerprint density at radius 1 is 1.12 bits per heavy atom. The molecule has 3 fully saturated rings. The molecule has 24 heavy (non-hydrogen) atoms. The van der Waals surface area contributed by atoms with Crippen LogP contribution in [0.1, 0.15) is 42.5 Å². The maximum absolute atomic E-state index is 12.8. The van der Waals surface area contributed by atoms with Crippen molar-refractivity contribution in [3.8, 4) is 0 Å². The fourth-order valence-electron chi connectivity index (χ4n) is 3.92. The number of benzene rings is 1. The van der Waals surface area contributed by atoms with Crippen molar-refractivity contribution in [1.82, 2.24) is 9.80 Å². The molecule has 1 spiro atoms. The number of nitrogens with one attached hydrogen (secondary N) is 1. The Morgan fingerprint density at radius 3 is 2.46 bits per heavy atom. The second kappa shape index (κ2) is 5.88. The third kappa shape index (κ3) is 2.81. The van der Waals surface area contributed by atoms with Crippen molar-refractivity contribution in [2.45, 2.75) is 37.6 Å². The first-order valence-corrected chi connectivity index (χ1v) is 8.99. The highest BCUT2D eigenvalue weighted by molar-refractivity contribution is 5.96. The van der Waals surface area contributed by atoms with Crippen molar-refractivity contribution in [3.63, 3.8) is 0 Å². The fourth-order valence-corrected chi connectivity index (χ4v) is 3.92. The topological polar surface area (TPSA) is 52.6 Å². The molecule has 0 aromatic heterocycles. The molecule has 1 atom stereocenters. The zero-order valence-electron chi connectivity index (χ0n) is 14.3. The zero-order valence-corrected chi connectivity index (χ0v) is 14.3. The molecule has 2 saturated heterocycles. The van der Waals surface area contributed by atoms with E-state index < -0.39 is 0 Å². The number of rotatable bonds is 3. The molecule has 2 amide bonds. The van der Waals surface area contributed by atoms with E-state index in [1.807, 2.05) is 29.2 Å². The number of piperidine rings is 1. The standard InChI is InChI=1S/C19H25N3O2/c1-21-12-10-19(21)9-2-11-22(13-19)18(24)15-5-7-16(8-6-15)20-17(23)14-3-4-14/h5-8,14H,2-4,9-13H2,1H3,(H,20,23)/t19-/m0/s1. The van der Waals surface area contributed by atoms with E-state index in [1.54, 1.807) is 0 Å². The SMILES string of the molecule is CN1CC[C@]12CCCN(C(=O)c1ccc(NC(=O)C3CC3)cc1)C2. The number of carbonyl (C=O) groups is 2. The van der Waals surface area contributed by atoms with Gasteiger partial charge in [0.2, 0.25) is 5.91 Å². The molecule has 4 rings (SSSR count). The molecule has 5 heteroatoms. The Balaban J connectivity index is 1.41. The Labute approximate surface area is 143 Å². The molecule has 2 aliphatic heterocycles. The second-order valence-electron chi connectivity index (χ2n) is 7.57. The van der Waals surface area contributed by atoms with E-state index in [0.29, 0.717) is 5.56 Å². The van der Waals surface area contributed by atoms with Gasteiger partial charge in [0.1, 0.15) is 0 Å². The summed E-state index contributed by atoms with van der Waals surface area (Å²) < 4.78 is 0. The smallest absolute Gasteiger partial charge is 0.253 e. The highest BCUT2D eigenvalue weighted by atomic mass is 16.2. The van der Waals surface area contributed by atoms with Crippen molar-refractivity contribution >= 4 is 17.5 Å². The first kappa shape index (κ1) is 15.6. The van der Waals surface area contributed by atoms with E-state index in [9.17, 15) is 9.59 Å². The van der Waals surface area contributed by atoms with Gasteiger partial charge < -0.3 is 10.2 Å². The Kier molecular flexibility index (Phi) is 3.83. The number of hydrogen-bond donors (Lipinski definition) is 1. The van der Waals surface area contributed by atoms with Crippen molar-refractivity contribution in [2.24, 2.45) is 5.92 Å². The molecule has 1 aliphatic carbocycles. The summed E-state index contributed by atoms with van der Waals surface area (Å²) in [6, 6.07) is 7.33. The van der Waals surface area contributed by atoms with E-state index >= 15 is 0 Å². The van der Waals surface area contributed by atoms with Crippen molar-refractivity contribution in [3.05, 3.63) is 29.8 Å². The summed E-state index contributed by atoms with van der Waals surface area (Å²) in [6.45, 7) is 2.81. The lowest BCUT2D eigenvalue weighted by Gasteiger charge is -2.55. The van der Waals surface area contributed by atoms with Gasteiger partial charge in [-0.05, 0) is 63.4 Å². The molecule has 1 N–H and O–H groups in total. The maximum Gasteiger partial charge on any atom is 0.253 e. The number of likely N-dealkylation sites (N-methyl/N-ethyl adjacent to an activating group) is 1. The van der Waals surface area contributed by atoms with Crippen LogP contribution >= 0.6 is 0 Å². The summed E-state index contributed by atoms with van der Waals surface area (Å²) in [4.78, 5) is 29.0. The van der Waals surface area contributed by atoms with E-state index in [2.05, 4.69) is 17.3 Å². The number of anilines is 1. The summed E-state index contributed by atoms with van der Waals surface area (Å²) in [5.74, 6) is 0.393. The van der Waals surface area contributed by atoms with E-state index in [1.165, 1.54) is 12.8 Å². The van der Waals surface area contributed by atoms with Crippen LogP contribution < -0.4 is 5.32 Å². The number of amides is 2. The van der Waals surface area contributed by atoms with Crippen molar-refractivity contribution in [1.29, 1.82) is 0 Å². The van der Waals surface area contributed by atoms with Crippen LogP contribution in [0.4, 0.5) is 5.69 Å². The molecule has 1 aromatic rings. The first-order valence-electron chi connectivity index (χ1n) is 8.99. The van der Waals surface area contributed by atoms with Crippen LogP contribution in [0.25, 0.3) is 0 Å². The molecule has 2 heterocycles. The van der Waals surface area contributed by atoms with E-state index in [0.717, 1.165) is 44.6 Å². The van der Waals surface area contributed by atoms with Crippen LogP contribution in [0.5, 0.6) is 0 Å².